The molecule has 21 heavy (non-hydrogen) atoms. The third kappa shape index (κ3) is 4.49. The number of hydrogen-bond acceptors (Lipinski definition) is 5. The summed E-state index contributed by atoms with van der Waals surface area (Å²) in [6.07, 6.45) is 6.62. The van der Waals surface area contributed by atoms with Crippen LogP contribution < -0.4 is 0 Å². The highest BCUT2D eigenvalue weighted by Gasteiger charge is 2.24. The normalized spacial score (nSPS) is 26.0. The quantitative estimate of drug-likeness (QED) is 0.775. The maximum absolute atomic E-state index is 5.81. The van der Waals surface area contributed by atoms with Crippen LogP contribution in [0, 0.1) is 0 Å². The highest BCUT2D eigenvalue weighted by atomic mass is 32.1. The number of aryl methyl sites for hydroxylation is 1. The Morgan fingerprint density at radius 2 is 1.86 bits per heavy atom. The Morgan fingerprint density at radius 1 is 1.19 bits per heavy atom. The molecule has 2 saturated heterocycles. The van der Waals surface area contributed by atoms with E-state index in [1.165, 1.54) is 36.4 Å². The molecular formula is C16H26N2O2S. The second kappa shape index (κ2) is 7.68. The van der Waals surface area contributed by atoms with Crippen molar-refractivity contribution in [2.45, 2.75) is 57.8 Å². The van der Waals surface area contributed by atoms with Gasteiger partial charge in [0.25, 0.3) is 0 Å². The van der Waals surface area contributed by atoms with E-state index < -0.39 is 0 Å². The summed E-state index contributed by atoms with van der Waals surface area (Å²) in [5.74, 6) is 0. The monoisotopic (exact) mass is 310 g/mol. The van der Waals surface area contributed by atoms with Crippen LogP contribution in [0.3, 0.4) is 0 Å². The van der Waals surface area contributed by atoms with Gasteiger partial charge in [-0.1, -0.05) is 6.92 Å². The van der Waals surface area contributed by atoms with Crippen LogP contribution in [0.5, 0.6) is 0 Å². The van der Waals surface area contributed by atoms with Gasteiger partial charge in [0.05, 0.1) is 22.9 Å². The molecule has 0 aliphatic carbocycles. The molecule has 2 fully saturated rings. The topological polar surface area (TPSA) is 34.6 Å². The minimum absolute atomic E-state index is 0.399. The van der Waals surface area contributed by atoms with Crippen molar-refractivity contribution in [1.29, 1.82) is 0 Å². The number of ether oxygens (including phenoxy) is 2. The van der Waals surface area contributed by atoms with Crippen molar-refractivity contribution in [3.8, 4) is 0 Å². The summed E-state index contributed by atoms with van der Waals surface area (Å²) in [7, 11) is 0. The molecule has 2 unspecified atom stereocenters. The predicted octanol–water partition coefficient (Wildman–Crippen LogP) is 2.87. The Hall–Kier alpha value is -0.490. The fourth-order valence-corrected chi connectivity index (χ4v) is 3.91. The van der Waals surface area contributed by atoms with Crippen LogP contribution in [0.2, 0.25) is 0 Å². The van der Waals surface area contributed by atoms with E-state index in [2.05, 4.69) is 17.2 Å². The summed E-state index contributed by atoms with van der Waals surface area (Å²) >= 11 is 1.78. The standard InChI is InChI=1S/C16H26N2O2S/c1-2-16-17-13(12-21-16)9-18(10-14-5-3-7-19-14)11-15-6-4-8-20-15/h12,14-15H,2-11H2,1H3. The number of hydrogen-bond donors (Lipinski definition) is 0. The highest BCUT2D eigenvalue weighted by Crippen LogP contribution is 2.19. The summed E-state index contributed by atoms with van der Waals surface area (Å²) < 4.78 is 11.6. The van der Waals surface area contributed by atoms with E-state index in [-0.39, 0.29) is 0 Å². The minimum atomic E-state index is 0.399. The van der Waals surface area contributed by atoms with Gasteiger partial charge in [-0.25, -0.2) is 4.98 Å². The number of aromatic nitrogens is 1. The maximum atomic E-state index is 5.81. The van der Waals surface area contributed by atoms with E-state index in [0.29, 0.717) is 12.2 Å². The van der Waals surface area contributed by atoms with Crippen molar-refractivity contribution in [3.05, 3.63) is 16.1 Å². The molecule has 0 saturated carbocycles. The van der Waals surface area contributed by atoms with E-state index >= 15 is 0 Å². The van der Waals surface area contributed by atoms with Gasteiger partial charge in [-0.05, 0) is 32.1 Å². The summed E-state index contributed by atoms with van der Waals surface area (Å²) in [5, 5.41) is 3.44. The predicted molar refractivity (Wildman–Crippen MR) is 84.7 cm³/mol. The van der Waals surface area contributed by atoms with E-state index in [4.69, 9.17) is 14.5 Å². The molecule has 0 aromatic carbocycles. The van der Waals surface area contributed by atoms with E-state index in [1.54, 1.807) is 11.3 Å². The molecule has 2 aliphatic heterocycles. The first kappa shape index (κ1) is 15.4. The molecule has 2 atom stereocenters. The molecule has 0 bridgehead atoms. The zero-order valence-electron chi connectivity index (χ0n) is 12.9. The molecule has 118 valence electrons. The molecule has 5 heteroatoms. The first-order chi connectivity index (χ1) is 10.3. The molecule has 0 amide bonds. The van der Waals surface area contributed by atoms with Crippen LogP contribution in [0.4, 0.5) is 0 Å². The first-order valence-electron chi connectivity index (χ1n) is 8.22. The molecule has 2 aliphatic rings. The van der Waals surface area contributed by atoms with Crippen LogP contribution >= 0.6 is 11.3 Å². The van der Waals surface area contributed by atoms with E-state index in [0.717, 1.165) is 39.3 Å². The van der Waals surface area contributed by atoms with Gasteiger partial charge in [0, 0.05) is 38.2 Å². The van der Waals surface area contributed by atoms with Crippen molar-refractivity contribution < 1.29 is 9.47 Å². The largest absolute Gasteiger partial charge is 0.377 e. The van der Waals surface area contributed by atoms with Gasteiger partial charge in [0.15, 0.2) is 0 Å². The number of rotatable bonds is 7. The van der Waals surface area contributed by atoms with E-state index in [1.807, 2.05) is 0 Å². The van der Waals surface area contributed by atoms with Crippen molar-refractivity contribution in [3.63, 3.8) is 0 Å². The molecular weight excluding hydrogens is 284 g/mol. The average Bonchev–Trinajstić information content (AvgIpc) is 3.20. The third-order valence-electron chi connectivity index (χ3n) is 4.26. The lowest BCUT2D eigenvalue weighted by Crippen LogP contribution is -2.37. The lowest BCUT2D eigenvalue weighted by molar-refractivity contribution is 0.0342. The molecule has 0 N–H and O–H groups in total. The molecule has 1 aromatic heterocycles. The van der Waals surface area contributed by atoms with Gasteiger partial charge in [-0.15, -0.1) is 11.3 Å². The third-order valence-corrected chi connectivity index (χ3v) is 5.30. The second-order valence-electron chi connectivity index (χ2n) is 6.05. The summed E-state index contributed by atoms with van der Waals surface area (Å²) in [6, 6.07) is 0. The van der Waals surface area contributed by atoms with Gasteiger partial charge < -0.3 is 9.47 Å². The zero-order valence-corrected chi connectivity index (χ0v) is 13.7. The Kier molecular flexibility index (Phi) is 5.63. The summed E-state index contributed by atoms with van der Waals surface area (Å²) in [4.78, 5) is 7.20. The number of thiazole rings is 1. The van der Waals surface area contributed by atoms with Gasteiger partial charge in [-0.2, -0.15) is 0 Å². The fourth-order valence-electron chi connectivity index (χ4n) is 3.17. The molecule has 4 nitrogen and oxygen atoms in total. The second-order valence-corrected chi connectivity index (χ2v) is 6.99. The molecule has 3 rings (SSSR count). The van der Waals surface area contributed by atoms with Crippen molar-refractivity contribution >= 4 is 11.3 Å². The number of nitrogens with zero attached hydrogens (tertiary/aromatic N) is 2. The lowest BCUT2D eigenvalue weighted by atomic mass is 10.2. The van der Waals surface area contributed by atoms with E-state index in [9.17, 15) is 0 Å². The van der Waals surface area contributed by atoms with Crippen LogP contribution in [-0.4, -0.2) is 48.4 Å². The lowest BCUT2D eigenvalue weighted by Gasteiger charge is -2.26. The Morgan fingerprint density at radius 3 is 2.33 bits per heavy atom. The van der Waals surface area contributed by atoms with Gasteiger partial charge in [-0.3, -0.25) is 4.90 Å². The molecule has 3 heterocycles. The SMILES string of the molecule is CCc1nc(CN(CC2CCCO2)CC2CCCO2)cs1. The summed E-state index contributed by atoms with van der Waals surface area (Å²) in [5.41, 5.74) is 1.20. The Bertz CT molecular complexity index is 408. The molecule has 1 aromatic rings. The van der Waals surface area contributed by atoms with Crippen LogP contribution in [0.1, 0.15) is 43.3 Å². The first-order valence-corrected chi connectivity index (χ1v) is 9.10. The van der Waals surface area contributed by atoms with Crippen LogP contribution in [0.15, 0.2) is 5.38 Å². The maximum Gasteiger partial charge on any atom is 0.0926 e. The highest BCUT2D eigenvalue weighted by molar-refractivity contribution is 7.09. The molecule has 0 radical (unpaired) electrons. The zero-order chi connectivity index (χ0) is 14.5. The van der Waals surface area contributed by atoms with Crippen LogP contribution in [-0.2, 0) is 22.4 Å². The Labute approximate surface area is 131 Å². The minimum Gasteiger partial charge on any atom is -0.377 e. The van der Waals surface area contributed by atoms with Gasteiger partial charge in [0.1, 0.15) is 0 Å². The van der Waals surface area contributed by atoms with Crippen molar-refractivity contribution in [1.82, 2.24) is 9.88 Å². The molecule has 0 spiro atoms. The van der Waals surface area contributed by atoms with Gasteiger partial charge in [0.2, 0.25) is 0 Å². The average molecular weight is 310 g/mol. The summed E-state index contributed by atoms with van der Waals surface area (Å²) in [6.45, 7) is 6.97. The Balaban J connectivity index is 1.58. The van der Waals surface area contributed by atoms with Crippen LogP contribution in [0.25, 0.3) is 0 Å². The van der Waals surface area contributed by atoms with Crippen molar-refractivity contribution in [2.75, 3.05) is 26.3 Å². The van der Waals surface area contributed by atoms with Crippen molar-refractivity contribution in [2.24, 2.45) is 0 Å². The smallest absolute Gasteiger partial charge is 0.0926 e. The fraction of sp³-hybridized carbons (Fsp3) is 0.812. The van der Waals surface area contributed by atoms with Gasteiger partial charge >= 0.3 is 0 Å².